The van der Waals surface area contributed by atoms with Gasteiger partial charge in [0.1, 0.15) is 0 Å². The SMILES string of the molecule is CCn1c2c[c-]c(-c3ncc(-c4ccccc4)cc3[Si](C)(C)C)cc2c2ccccc21.C[Si](C)(C)c1cc(-c2ccccc2)cnc1-c1[c-]cc2c(c1)-c1ccccc1[Si]2(C)C.C[Si](C)(C)c1cc(-c2ccccc2)cnc1-c1[c-]cc2c(c1)c1ccccc1n2-c1ccccc1.[Ir].[Ir].[Ir].[c-]1ccccc1-c1ccccn1.[c-]1ccccc1-c1ccccn1.[c-]1ccccc1-c1ccccn1. The summed E-state index contributed by atoms with van der Waals surface area (Å²) in [5, 5.41) is 12.2. The number of aromatic nitrogens is 8. The molecule has 0 unspecified atom stereocenters. The standard InChI is InChI=1S/C32H27N2Si.C28H27N2Si.C28H28NSi2.3C11H8N.3Ir/c1-35(2,3)31-21-25(23-12-6-4-7-13-23)22-33-32(31)24-18-19-30-28(20-24)27-16-10-11-17-29(27)34(30)26-14-8-5-9-15-26;1-5-30-25-14-10-9-13-23(25)24-17-21(15-16-26(24)30)28-27(31(2,3)4)18-22(19-29-28)20-11-7-6-8-12-20;1-30(2,3)27-18-22(20-11-7-6-8-12-20)19-29-28(27)21-15-16-26-24(17-21)23-13-9-10-14-25(23)31(26,4)5;3*1-2-6-10(7-3-1)11-8-4-5-9-12-11;;;/h4-17,19-22H,1-3H3;6-14,16-19H,5H2,1-4H3;6-14,16-19H,1-5H3;3*1-6,8-9H;;;/q6*-1;;;. The van der Waals surface area contributed by atoms with Crippen molar-refractivity contribution in [3.8, 4) is 118 Å². The molecule has 0 N–H and O–H groups in total. The molecule has 0 saturated carbocycles. The maximum Gasteiger partial charge on any atom is 0.0693 e. The minimum atomic E-state index is -1.68. The van der Waals surface area contributed by atoms with E-state index in [1.54, 1.807) is 18.6 Å². The predicted octanol–water partition coefficient (Wildman–Crippen LogP) is 27.9. The molecular formula is C121H106Ir3N8Si4-6. The molecular weight excluding hydrogens is 2250 g/mol. The molecule has 9 heterocycles. The minimum Gasteiger partial charge on any atom is -0.381 e. The molecule has 8 aromatic heterocycles. The zero-order valence-electron chi connectivity index (χ0n) is 78.5. The van der Waals surface area contributed by atoms with Crippen molar-refractivity contribution < 1.29 is 60.3 Å². The van der Waals surface area contributed by atoms with Crippen LogP contribution in [0.4, 0.5) is 0 Å². The molecule has 0 aliphatic carbocycles. The van der Waals surface area contributed by atoms with Gasteiger partial charge in [0.25, 0.3) is 0 Å². The van der Waals surface area contributed by atoms with Gasteiger partial charge >= 0.3 is 0 Å². The number of rotatable bonds is 14. The second-order valence-electron chi connectivity index (χ2n) is 36.8. The van der Waals surface area contributed by atoms with Crippen LogP contribution in [-0.4, -0.2) is 71.3 Å². The quantitative estimate of drug-likeness (QED) is 0.0796. The van der Waals surface area contributed by atoms with Crippen molar-refractivity contribution in [3.63, 3.8) is 0 Å². The van der Waals surface area contributed by atoms with E-state index >= 15 is 0 Å². The Morgan fingerprint density at radius 1 is 0.272 bits per heavy atom. The topological polar surface area (TPSA) is 87.2 Å². The molecule has 0 atom stereocenters. The Labute approximate surface area is 846 Å². The second-order valence-corrected chi connectivity index (χ2v) is 56.2. The Morgan fingerprint density at radius 3 is 1.01 bits per heavy atom. The predicted molar refractivity (Wildman–Crippen MR) is 572 cm³/mol. The van der Waals surface area contributed by atoms with Crippen molar-refractivity contribution in [2.75, 3.05) is 0 Å². The second kappa shape index (κ2) is 44.8. The van der Waals surface area contributed by atoms with Crippen LogP contribution < -0.4 is 25.9 Å². The Morgan fingerprint density at radius 2 is 0.618 bits per heavy atom. The Bertz CT molecular complexity index is 7240. The van der Waals surface area contributed by atoms with Gasteiger partial charge in [0.05, 0.1) is 32.3 Å². The van der Waals surface area contributed by atoms with Crippen molar-refractivity contribution in [1.82, 2.24) is 39.0 Å². The molecule has 22 rings (SSSR count). The third-order valence-corrected chi connectivity index (χ3v) is 33.8. The molecule has 0 spiro atoms. The zero-order valence-corrected chi connectivity index (χ0v) is 89.7. The third-order valence-electron chi connectivity index (χ3n) is 24.3. The van der Waals surface area contributed by atoms with Crippen LogP contribution in [0.2, 0.25) is 72.0 Å². The fourth-order valence-electron chi connectivity index (χ4n) is 17.5. The molecule has 1 aliphatic rings. The molecule has 0 bridgehead atoms. The maximum atomic E-state index is 5.04. The van der Waals surface area contributed by atoms with Crippen LogP contribution in [0.1, 0.15) is 6.92 Å². The summed E-state index contributed by atoms with van der Waals surface area (Å²) in [7, 11) is -6.59. The Balaban J connectivity index is 0.000000137. The Hall–Kier alpha value is -12.8. The van der Waals surface area contributed by atoms with Gasteiger partial charge in [-0.15, -0.1) is 184 Å². The fourth-order valence-corrected chi connectivity index (χ4v) is 25.0. The van der Waals surface area contributed by atoms with Gasteiger partial charge < -0.3 is 39.0 Å². The van der Waals surface area contributed by atoms with Crippen molar-refractivity contribution in [2.24, 2.45) is 0 Å². The van der Waals surface area contributed by atoms with Gasteiger partial charge in [-0.05, 0) is 144 Å². The summed E-state index contributed by atoms with van der Waals surface area (Å²) in [5.41, 5.74) is 28.6. The van der Waals surface area contributed by atoms with Crippen molar-refractivity contribution in [1.29, 1.82) is 0 Å². The Kier molecular flexibility index (Phi) is 32.6. The summed E-state index contributed by atoms with van der Waals surface area (Å²) in [5.74, 6) is 0. The summed E-state index contributed by atoms with van der Waals surface area (Å²) in [6.45, 7) is 29.6. The van der Waals surface area contributed by atoms with E-state index in [1.165, 1.54) is 109 Å². The molecule has 8 nitrogen and oxygen atoms in total. The van der Waals surface area contributed by atoms with E-state index in [9.17, 15) is 0 Å². The number of aryl methyl sites for hydroxylation is 1. The first-order valence-corrected chi connectivity index (χ1v) is 59.1. The number of hydrogen-bond donors (Lipinski definition) is 0. The normalized spacial score (nSPS) is 11.6. The molecule has 0 saturated heterocycles. The third kappa shape index (κ3) is 22.6. The van der Waals surface area contributed by atoms with E-state index in [0.29, 0.717) is 0 Å². The number of hydrogen-bond acceptors (Lipinski definition) is 6. The molecule has 679 valence electrons. The largest absolute Gasteiger partial charge is 0.381 e. The van der Waals surface area contributed by atoms with E-state index in [1.807, 2.05) is 146 Å². The van der Waals surface area contributed by atoms with E-state index in [0.717, 1.165) is 85.3 Å². The van der Waals surface area contributed by atoms with Crippen molar-refractivity contribution >= 4 is 102 Å². The van der Waals surface area contributed by atoms with E-state index in [-0.39, 0.29) is 60.3 Å². The van der Waals surface area contributed by atoms with Crippen molar-refractivity contribution in [3.05, 3.63) is 450 Å². The number of para-hydroxylation sites is 3. The van der Waals surface area contributed by atoms with Gasteiger partial charge in [0.15, 0.2) is 0 Å². The molecule has 1 aliphatic heterocycles. The zero-order chi connectivity index (χ0) is 92.1. The van der Waals surface area contributed by atoms with Crippen LogP contribution in [0, 0.1) is 36.4 Å². The van der Waals surface area contributed by atoms with Crippen LogP contribution in [0.15, 0.2) is 413 Å². The summed E-state index contributed by atoms with van der Waals surface area (Å²) in [4.78, 5) is 27.7. The molecule has 0 amide bonds. The van der Waals surface area contributed by atoms with E-state index in [2.05, 4.69) is 388 Å². The first-order chi connectivity index (χ1) is 64.6. The molecule has 15 heteroatoms. The minimum absolute atomic E-state index is 0. The number of nitrogens with zero attached hydrogens (tertiary/aromatic N) is 8. The molecule has 136 heavy (non-hydrogen) atoms. The average molecular weight is 2360 g/mol. The number of benzene rings is 13. The van der Waals surface area contributed by atoms with E-state index < -0.39 is 32.3 Å². The number of fused-ring (bicyclic) bond motifs is 9. The average Bonchev–Trinajstić information content (AvgIpc) is 1.58. The van der Waals surface area contributed by atoms with Crippen LogP contribution >= 0.6 is 0 Å². The van der Waals surface area contributed by atoms with Crippen LogP contribution in [0.5, 0.6) is 0 Å². The molecule has 21 aromatic rings. The number of pyridine rings is 6. The van der Waals surface area contributed by atoms with Crippen molar-refractivity contribution in [2.45, 2.75) is 85.5 Å². The van der Waals surface area contributed by atoms with E-state index in [4.69, 9.17) is 15.0 Å². The van der Waals surface area contributed by atoms with Crippen LogP contribution in [-0.2, 0) is 66.9 Å². The summed E-state index contributed by atoms with van der Waals surface area (Å²) in [6, 6.07) is 150. The summed E-state index contributed by atoms with van der Waals surface area (Å²) < 4.78 is 4.70. The van der Waals surface area contributed by atoms with Gasteiger partial charge in [0.2, 0.25) is 0 Å². The molecule has 13 aromatic carbocycles. The summed E-state index contributed by atoms with van der Waals surface area (Å²) in [6.07, 6.45) is 11.4. The van der Waals surface area contributed by atoms with Gasteiger partial charge in [-0.25, -0.2) is 0 Å². The smallest absolute Gasteiger partial charge is 0.0693 e. The van der Waals surface area contributed by atoms with Crippen LogP contribution in [0.3, 0.4) is 0 Å². The van der Waals surface area contributed by atoms with Gasteiger partial charge in [-0.1, -0.05) is 334 Å². The monoisotopic (exact) mass is 2360 g/mol. The first-order valence-electron chi connectivity index (χ1n) is 45.6. The first kappa shape index (κ1) is 99.2. The fraction of sp³-hybridized carbons (Fsp3) is 0.107. The van der Waals surface area contributed by atoms with Gasteiger partial charge in [0, 0.05) is 121 Å². The van der Waals surface area contributed by atoms with Crippen LogP contribution in [0.25, 0.3) is 161 Å². The maximum absolute atomic E-state index is 5.04. The molecule has 3 radical (unpaired) electrons. The van der Waals surface area contributed by atoms with Gasteiger partial charge in [-0.2, -0.15) is 0 Å². The van der Waals surface area contributed by atoms with Gasteiger partial charge in [-0.3, -0.25) is 0 Å². The molecule has 0 fully saturated rings. The summed E-state index contributed by atoms with van der Waals surface area (Å²) >= 11 is 0.